The number of anilines is 1. The third kappa shape index (κ3) is 6.25. The van der Waals surface area contributed by atoms with Crippen molar-refractivity contribution in [2.24, 2.45) is 0 Å². The Hall–Kier alpha value is -3.21. The Balaban J connectivity index is 1.65. The summed E-state index contributed by atoms with van der Waals surface area (Å²) >= 11 is 13.6. The van der Waals surface area contributed by atoms with Gasteiger partial charge in [0.25, 0.3) is 0 Å². The fourth-order valence-corrected chi connectivity index (χ4v) is 4.75. The van der Waals surface area contributed by atoms with Crippen LogP contribution in [0.15, 0.2) is 71.9 Å². The Morgan fingerprint density at radius 2 is 1.76 bits per heavy atom. The first-order chi connectivity index (χ1) is 18.1. The quantitative estimate of drug-likeness (QED) is 0.215. The van der Waals surface area contributed by atoms with Crippen molar-refractivity contribution >= 4 is 46.6 Å². The maximum Gasteiger partial charge on any atom is 0.416 e. The van der Waals surface area contributed by atoms with Crippen LogP contribution in [0.1, 0.15) is 19.4 Å². The lowest BCUT2D eigenvalue weighted by Crippen LogP contribution is -2.23. The van der Waals surface area contributed by atoms with Crippen LogP contribution in [-0.2, 0) is 11.0 Å². The maximum atomic E-state index is 13.1. The predicted molar refractivity (Wildman–Crippen MR) is 143 cm³/mol. The molecule has 0 aliphatic heterocycles. The Morgan fingerprint density at radius 3 is 2.42 bits per heavy atom. The second-order valence-electron chi connectivity index (χ2n) is 7.99. The second kappa shape index (κ2) is 11.7. The molecule has 1 aromatic heterocycles. The van der Waals surface area contributed by atoms with E-state index in [9.17, 15) is 18.0 Å². The summed E-state index contributed by atoms with van der Waals surface area (Å²) in [6.07, 6.45) is -4.58. The van der Waals surface area contributed by atoms with Gasteiger partial charge in [0.05, 0.1) is 33.2 Å². The van der Waals surface area contributed by atoms with Crippen LogP contribution in [0.2, 0.25) is 10.0 Å². The molecule has 1 amide bonds. The summed E-state index contributed by atoms with van der Waals surface area (Å²) in [5.41, 5.74) is 0.278. The molecule has 4 aromatic rings. The highest BCUT2D eigenvalue weighted by Gasteiger charge is 2.31. The van der Waals surface area contributed by atoms with Gasteiger partial charge in [-0.1, -0.05) is 47.1 Å². The number of benzene rings is 3. The largest absolute Gasteiger partial charge is 0.494 e. The number of carbonyl (C=O) groups excluding carboxylic acids is 1. The van der Waals surface area contributed by atoms with Crippen LogP contribution in [0.5, 0.6) is 5.75 Å². The maximum absolute atomic E-state index is 13.1. The molecule has 3 aromatic carbocycles. The number of hydrogen-bond donors (Lipinski definition) is 1. The van der Waals surface area contributed by atoms with E-state index in [1.54, 1.807) is 41.8 Å². The normalized spacial score (nSPS) is 12.3. The number of rotatable bonds is 8. The van der Waals surface area contributed by atoms with E-state index in [0.29, 0.717) is 39.6 Å². The minimum absolute atomic E-state index is 0.0119. The van der Waals surface area contributed by atoms with Crippen molar-refractivity contribution in [3.8, 4) is 22.8 Å². The van der Waals surface area contributed by atoms with Crippen molar-refractivity contribution in [2.45, 2.75) is 30.4 Å². The molecule has 1 heterocycles. The zero-order valence-corrected chi connectivity index (χ0v) is 22.4. The van der Waals surface area contributed by atoms with Crippen LogP contribution in [0.25, 0.3) is 17.1 Å². The van der Waals surface area contributed by atoms with Gasteiger partial charge in [-0.3, -0.25) is 9.36 Å². The number of hydrogen-bond acceptors (Lipinski definition) is 5. The molecule has 12 heteroatoms. The summed E-state index contributed by atoms with van der Waals surface area (Å²) < 4.78 is 46.7. The number of aromatic nitrogens is 3. The SMILES string of the molecule is CCOc1ccc(-n2c(S[C@H](C)C(=O)Nc3cc(C(F)(F)F)ccc3Cl)nnc2-c2ccccc2Cl)cc1. The van der Waals surface area contributed by atoms with Gasteiger partial charge in [-0.2, -0.15) is 13.2 Å². The number of nitrogens with one attached hydrogen (secondary N) is 1. The summed E-state index contributed by atoms with van der Waals surface area (Å²) in [6.45, 7) is 4.01. The number of alkyl halides is 3. The molecule has 1 atom stereocenters. The van der Waals surface area contributed by atoms with E-state index in [4.69, 9.17) is 27.9 Å². The summed E-state index contributed by atoms with van der Waals surface area (Å²) in [5.74, 6) is 0.580. The number of thioether (sulfide) groups is 1. The molecule has 0 aliphatic rings. The molecule has 0 saturated carbocycles. The first-order valence-corrected chi connectivity index (χ1v) is 13.0. The third-order valence-corrected chi connectivity index (χ3v) is 7.06. The van der Waals surface area contributed by atoms with Crippen molar-refractivity contribution in [2.75, 3.05) is 11.9 Å². The summed E-state index contributed by atoms with van der Waals surface area (Å²) in [5, 5.41) is 11.2. The molecule has 6 nitrogen and oxygen atoms in total. The lowest BCUT2D eigenvalue weighted by Gasteiger charge is -2.16. The van der Waals surface area contributed by atoms with E-state index in [1.165, 1.54) is 0 Å². The second-order valence-corrected chi connectivity index (χ2v) is 10.1. The fourth-order valence-electron chi connectivity index (χ4n) is 3.50. The highest BCUT2D eigenvalue weighted by molar-refractivity contribution is 8.00. The molecule has 198 valence electrons. The lowest BCUT2D eigenvalue weighted by atomic mass is 10.2. The van der Waals surface area contributed by atoms with E-state index in [0.717, 1.165) is 30.0 Å². The van der Waals surface area contributed by atoms with Crippen molar-refractivity contribution in [1.29, 1.82) is 0 Å². The average molecular weight is 581 g/mol. The molecule has 0 unspecified atom stereocenters. The van der Waals surface area contributed by atoms with E-state index >= 15 is 0 Å². The van der Waals surface area contributed by atoms with Crippen molar-refractivity contribution in [3.63, 3.8) is 0 Å². The van der Waals surface area contributed by atoms with Crippen LogP contribution < -0.4 is 10.1 Å². The van der Waals surface area contributed by atoms with Crippen LogP contribution in [-0.4, -0.2) is 32.5 Å². The molecule has 1 N–H and O–H groups in total. The summed E-state index contributed by atoms with van der Waals surface area (Å²) in [4.78, 5) is 13.0. The van der Waals surface area contributed by atoms with Crippen molar-refractivity contribution in [1.82, 2.24) is 14.8 Å². The van der Waals surface area contributed by atoms with Gasteiger partial charge >= 0.3 is 6.18 Å². The van der Waals surface area contributed by atoms with E-state index in [1.807, 2.05) is 25.1 Å². The molecule has 0 bridgehead atoms. The highest BCUT2D eigenvalue weighted by atomic mass is 35.5. The lowest BCUT2D eigenvalue weighted by molar-refractivity contribution is -0.137. The van der Waals surface area contributed by atoms with Crippen LogP contribution in [0.3, 0.4) is 0 Å². The van der Waals surface area contributed by atoms with Crippen LogP contribution in [0, 0.1) is 0 Å². The minimum Gasteiger partial charge on any atom is -0.494 e. The number of halogens is 5. The first kappa shape index (κ1) is 27.8. The van der Waals surface area contributed by atoms with Gasteiger partial charge in [0, 0.05) is 11.3 Å². The number of ether oxygens (including phenoxy) is 1. The average Bonchev–Trinajstić information content (AvgIpc) is 3.28. The Kier molecular flexibility index (Phi) is 8.54. The number of carbonyl (C=O) groups is 1. The molecule has 38 heavy (non-hydrogen) atoms. The van der Waals surface area contributed by atoms with E-state index in [-0.39, 0.29) is 10.7 Å². The fraction of sp³-hybridized carbons (Fsp3) is 0.192. The Morgan fingerprint density at radius 1 is 1.05 bits per heavy atom. The van der Waals surface area contributed by atoms with Crippen molar-refractivity contribution < 1.29 is 22.7 Å². The van der Waals surface area contributed by atoms with E-state index in [2.05, 4.69) is 15.5 Å². The Labute approximate surface area is 231 Å². The van der Waals surface area contributed by atoms with Gasteiger partial charge in [-0.05, 0) is 68.4 Å². The molecule has 0 fully saturated rings. The zero-order valence-electron chi connectivity index (χ0n) is 20.1. The van der Waals surface area contributed by atoms with Crippen molar-refractivity contribution in [3.05, 3.63) is 82.3 Å². The van der Waals surface area contributed by atoms with Gasteiger partial charge in [0.1, 0.15) is 5.75 Å². The summed E-state index contributed by atoms with van der Waals surface area (Å²) in [6, 6.07) is 17.2. The smallest absolute Gasteiger partial charge is 0.416 e. The van der Waals surface area contributed by atoms with Crippen LogP contribution >= 0.6 is 35.0 Å². The molecular weight excluding hydrogens is 560 g/mol. The molecule has 0 radical (unpaired) electrons. The summed E-state index contributed by atoms with van der Waals surface area (Å²) in [7, 11) is 0. The number of nitrogens with zero attached hydrogens (tertiary/aromatic N) is 3. The molecule has 0 saturated heterocycles. The minimum atomic E-state index is -4.58. The number of amides is 1. The Bertz CT molecular complexity index is 1450. The third-order valence-electron chi connectivity index (χ3n) is 5.36. The zero-order chi connectivity index (χ0) is 27.4. The van der Waals surface area contributed by atoms with Gasteiger partial charge in [0.15, 0.2) is 11.0 Å². The molecular formula is C26H21Cl2F3N4O2S. The van der Waals surface area contributed by atoms with Crippen LogP contribution in [0.4, 0.5) is 18.9 Å². The topological polar surface area (TPSA) is 69.0 Å². The monoisotopic (exact) mass is 580 g/mol. The van der Waals surface area contributed by atoms with Gasteiger partial charge in [-0.15, -0.1) is 10.2 Å². The molecule has 0 aliphatic carbocycles. The first-order valence-electron chi connectivity index (χ1n) is 11.4. The predicted octanol–water partition coefficient (Wildman–Crippen LogP) is 7.78. The van der Waals surface area contributed by atoms with Gasteiger partial charge in [-0.25, -0.2) is 0 Å². The highest BCUT2D eigenvalue weighted by Crippen LogP contribution is 2.36. The van der Waals surface area contributed by atoms with Gasteiger partial charge in [0.2, 0.25) is 5.91 Å². The molecule has 0 spiro atoms. The standard InChI is InChI=1S/C26H21Cl2F3N4O2S/c1-3-37-18-11-9-17(10-12-18)35-23(19-6-4-5-7-20(19)27)33-34-25(35)38-15(2)24(36)32-22-14-16(26(29,30)31)8-13-21(22)28/h4-15H,3H2,1-2H3,(H,32,36)/t15-/m1/s1. The molecule has 4 rings (SSSR count). The van der Waals surface area contributed by atoms with E-state index < -0.39 is 22.9 Å². The van der Waals surface area contributed by atoms with Gasteiger partial charge < -0.3 is 10.1 Å².